The van der Waals surface area contributed by atoms with Gasteiger partial charge in [0.15, 0.2) is 5.13 Å². The van der Waals surface area contributed by atoms with Gasteiger partial charge in [0, 0.05) is 5.70 Å². The van der Waals surface area contributed by atoms with Crippen molar-refractivity contribution in [1.82, 2.24) is 10.3 Å². The van der Waals surface area contributed by atoms with Crippen LogP contribution in [-0.4, -0.2) is 35.2 Å². The van der Waals surface area contributed by atoms with Crippen LogP contribution in [0.25, 0.3) is 10.2 Å². The molecule has 0 spiro atoms. The van der Waals surface area contributed by atoms with Crippen LogP contribution in [0.5, 0.6) is 0 Å². The Balaban J connectivity index is 2.06. The lowest BCUT2D eigenvalue weighted by Gasteiger charge is -2.30. The first kappa shape index (κ1) is 19.6. The lowest BCUT2D eigenvalue weighted by Crippen LogP contribution is -2.59. The molecule has 2 aromatic rings. The predicted molar refractivity (Wildman–Crippen MR) is 94.4 cm³/mol. The van der Waals surface area contributed by atoms with Gasteiger partial charge in [0.25, 0.3) is 11.4 Å². The van der Waals surface area contributed by atoms with Crippen molar-refractivity contribution in [3.8, 4) is 6.07 Å². The number of anilines is 1. The molecule has 7 nitrogen and oxygen atoms in total. The number of nitriles is 1. The molecule has 0 saturated heterocycles. The summed E-state index contributed by atoms with van der Waals surface area (Å²) in [7, 11) is 0. The van der Waals surface area contributed by atoms with Gasteiger partial charge in [0.05, 0.1) is 34.0 Å². The van der Waals surface area contributed by atoms with E-state index < -0.39 is 29.2 Å². The summed E-state index contributed by atoms with van der Waals surface area (Å²) in [5, 5.41) is 13.2. The zero-order valence-corrected chi connectivity index (χ0v) is 15.4. The molecule has 28 heavy (non-hydrogen) atoms. The number of esters is 1. The summed E-state index contributed by atoms with van der Waals surface area (Å²) in [6.07, 6.45) is -5.09. The number of hydrogen-bond donors (Lipinski definition) is 2. The second kappa shape index (κ2) is 6.79. The average molecular weight is 410 g/mol. The van der Waals surface area contributed by atoms with Gasteiger partial charge in [0.2, 0.25) is 0 Å². The van der Waals surface area contributed by atoms with Crippen LogP contribution in [0.3, 0.4) is 0 Å². The molecule has 0 bridgehead atoms. The number of carbonyl (C=O) groups is 2. The van der Waals surface area contributed by atoms with E-state index in [-0.39, 0.29) is 23.0 Å². The fourth-order valence-electron chi connectivity index (χ4n) is 2.83. The normalized spacial score (nSPS) is 19.5. The molecule has 1 atom stereocenters. The number of fused-ring (bicyclic) bond motifs is 1. The topological polar surface area (TPSA) is 104 Å². The Morgan fingerprint density at radius 2 is 2.18 bits per heavy atom. The molecule has 2 heterocycles. The quantitative estimate of drug-likeness (QED) is 0.751. The van der Waals surface area contributed by atoms with Crippen LogP contribution in [0.4, 0.5) is 18.3 Å². The van der Waals surface area contributed by atoms with E-state index in [0.717, 1.165) is 11.3 Å². The fraction of sp³-hybridized carbons (Fsp3) is 0.294. The van der Waals surface area contributed by atoms with Gasteiger partial charge in [-0.05, 0) is 32.0 Å². The number of thiazole rings is 1. The van der Waals surface area contributed by atoms with Gasteiger partial charge in [-0.25, -0.2) is 9.78 Å². The summed E-state index contributed by atoms with van der Waals surface area (Å²) in [6.45, 7) is 3.05. The van der Waals surface area contributed by atoms with Crippen LogP contribution in [-0.2, 0) is 9.53 Å². The predicted octanol–water partition coefficient (Wildman–Crippen LogP) is 3.11. The zero-order chi connectivity index (χ0) is 20.7. The third-order valence-corrected chi connectivity index (χ3v) is 5.06. The molecule has 1 aliphatic rings. The standard InChI is InChI=1S/C17H13F3N4O3S/c1-3-27-13(25)9-4-5-11-12(6-9)28-15(23-11)24-16(17(18,19)20)10(7-21)8(2)22-14(16)26/h4-6H,3H2,1-2H3,(H,22,26)(H,23,24)/t16-/m1/s1. The number of allylic oxidation sites excluding steroid dienone is 1. The maximum absolute atomic E-state index is 13.9. The molecule has 1 aliphatic heterocycles. The van der Waals surface area contributed by atoms with E-state index in [2.05, 4.69) is 15.6 Å². The molecule has 0 fully saturated rings. The summed E-state index contributed by atoms with van der Waals surface area (Å²) in [6, 6.07) is 5.81. The fourth-order valence-corrected chi connectivity index (χ4v) is 3.79. The molecule has 1 aromatic carbocycles. The van der Waals surface area contributed by atoms with E-state index in [1.165, 1.54) is 31.2 Å². The Morgan fingerprint density at radius 3 is 2.79 bits per heavy atom. The second-order valence-electron chi connectivity index (χ2n) is 5.86. The van der Waals surface area contributed by atoms with Crippen molar-refractivity contribution in [2.45, 2.75) is 25.6 Å². The van der Waals surface area contributed by atoms with Gasteiger partial charge < -0.3 is 15.4 Å². The molecule has 146 valence electrons. The van der Waals surface area contributed by atoms with Gasteiger partial charge in [-0.2, -0.15) is 18.4 Å². The number of halogens is 3. The SMILES string of the molecule is CCOC(=O)c1ccc2nc(N[C@@]3(C(F)(F)F)C(=O)NC(C)=C3C#N)sc2c1. The molecule has 2 N–H and O–H groups in total. The van der Waals surface area contributed by atoms with E-state index in [4.69, 9.17) is 4.74 Å². The third-order valence-electron chi connectivity index (χ3n) is 4.12. The van der Waals surface area contributed by atoms with Crippen molar-refractivity contribution in [3.05, 3.63) is 35.0 Å². The van der Waals surface area contributed by atoms with Crippen molar-refractivity contribution >= 4 is 38.6 Å². The third kappa shape index (κ3) is 2.95. The van der Waals surface area contributed by atoms with Crippen molar-refractivity contribution in [2.24, 2.45) is 0 Å². The summed E-state index contributed by atoms with van der Waals surface area (Å²) in [5.74, 6) is -1.97. The van der Waals surface area contributed by atoms with Gasteiger partial charge in [-0.15, -0.1) is 0 Å². The molecule has 0 radical (unpaired) electrons. The minimum Gasteiger partial charge on any atom is -0.462 e. The van der Waals surface area contributed by atoms with E-state index >= 15 is 0 Å². The molecule has 0 saturated carbocycles. The second-order valence-corrected chi connectivity index (χ2v) is 6.89. The zero-order valence-electron chi connectivity index (χ0n) is 14.6. The van der Waals surface area contributed by atoms with E-state index in [1.54, 1.807) is 6.92 Å². The molecule has 1 aromatic heterocycles. The molecule has 1 amide bonds. The van der Waals surface area contributed by atoms with Crippen molar-refractivity contribution in [1.29, 1.82) is 5.26 Å². The smallest absolute Gasteiger partial charge is 0.425 e. The molecule has 0 unspecified atom stereocenters. The first-order valence-corrected chi connectivity index (χ1v) is 8.81. The Hall–Kier alpha value is -3.13. The average Bonchev–Trinajstić information content (AvgIpc) is 3.12. The summed E-state index contributed by atoms with van der Waals surface area (Å²) in [4.78, 5) is 28.1. The van der Waals surface area contributed by atoms with E-state index in [0.29, 0.717) is 10.2 Å². The lowest BCUT2D eigenvalue weighted by atomic mass is 9.90. The number of amides is 1. The highest BCUT2D eigenvalue weighted by molar-refractivity contribution is 7.22. The maximum Gasteiger partial charge on any atom is 0.425 e. The maximum atomic E-state index is 13.9. The van der Waals surface area contributed by atoms with E-state index in [1.807, 2.05) is 0 Å². The van der Waals surface area contributed by atoms with Crippen LogP contribution in [0.2, 0.25) is 0 Å². The first-order valence-electron chi connectivity index (χ1n) is 7.99. The van der Waals surface area contributed by atoms with Gasteiger partial charge in [-0.3, -0.25) is 4.79 Å². The number of alkyl halides is 3. The van der Waals surface area contributed by atoms with Crippen molar-refractivity contribution in [2.75, 3.05) is 11.9 Å². The Morgan fingerprint density at radius 1 is 1.46 bits per heavy atom. The first-order chi connectivity index (χ1) is 13.1. The number of benzene rings is 1. The molecule has 0 aliphatic carbocycles. The Labute approximate surface area is 160 Å². The molecule has 11 heteroatoms. The van der Waals surface area contributed by atoms with Crippen molar-refractivity contribution < 1.29 is 27.5 Å². The van der Waals surface area contributed by atoms with E-state index in [9.17, 15) is 28.0 Å². The number of rotatable bonds is 4. The number of hydrogen-bond acceptors (Lipinski definition) is 7. The number of nitrogens with zero attached hydrogens (tertiary/aromatic N) is 2. The molecule has 3 rings (SSSR count). The highest BCUT2D eigenvalue weighted by atomic mass is 32.1. The van der Waals surface area contributed by atoms with Crippen LogP contribution >= 0.6 is 11.3 Å². The van der Waals surface area contributed by atoms with Crippen molar-refractivity contribution in [3.63, 3.8) is 0 Å². The van der Waals surface area contributed by atoms with Gasteiger partial charge in [0.1, 0.15) is 0 Å². The number of nitrogens with one attached hydrogen (secondary N) is 2. The van der Waals surface area contributed by atoms with Gasteiger partial charge in [-0.1, -0.05) is 11.3 Å². The van der Waals surface area contributed by atoms with Crippen LogP contribution < -0.4 is 10.6 Å². The summed E-state index contributed by atoms with van der Waals surface area (Å²) in [5.41, 5.74) is -3.62. The van der Waals surface area contributed by atoms with Crippen LogP contribution in [0, 0.1) is 11.3 Å². The number of ether oxygens (including phenoxy) is 1. The lowest BCUT2D eigenvalue weighted by molar-refractivity contribution is -0.174. The minimum atomic E-state index is -5.09. The molecular weight excluding hydrogens is 397 g/mol. The highest BCUT2D eigenvalue weighted by Gasteiger charge is 2.67. The molecular formula is C17H13F3N4O3S. The highest BCUT2D eigenvalue weighted by Crippen LogP contribution is 2.44. The van der Waals surface area contributed by atoms with Gasteiger partial charge >= 0.3 is 12.1 Å². The summed E-state index contributed by atoms with van der Waals surface area (Å²) < 4.78 is 47.0. The number of carbonyl (C=O) groups excluding carboxylic acids is 2. The summed E-state index contributed by atoms with van der Waals surface area (Å²) >= 11 is 0.822. The largest absolute Gasteiger partial charge is 0.462 e. The Kier molecular flexibility index (Phi) is 4.76. The monoisotopic (exact) mass is 410 g/mol. The van der Waals surface area contributed by atoms with Crippen LogP contribution in [0.15, 0.2) is 29.5 Å². The number of aromatic nitrogens is 1. The Bertz CT molecular complexity index is 1050. The minimum absolute atomic E-state index is 0.178. The van der Waals surface area contributed by atoms with Crippen LogP contribution in [0.1, 0.15) is 24.2 Å².